The summed E-state index contributed by atoms with van der Waals surface area (Å²) in [6.07, 6.45) is -0.357. The molecule has 1 aromatic rings. The van der Waals surface area contributed by atoms with Crippen molar-refractivity contribution in [2.45, 2.75) is 51.7 Å². The van der Waals surface area contributed by atoms with E-state index in [9.17, 15) is 13.2 Å². The van der Waals surface area contributed by atoms with E-state index in [0.29, 0.717) is 11.6 Å². The molecule has 1 atom stereocenters. The molecule has 0 radical (unpaired) electrons. The van der Waals surface area contributed by atoms with Gasteiger partial charge in [0.1, 0.15) is 0 Å². The molecule has 0 saturated carbocycles. The lowest BCUT2D eigenvalue weighted by molar-refractivity contribution is -0.137. The van der Waals surface area contributed by atoms with Crippen molar-refractivity contribution in [2.75, 3.05) is 18.0 Å². The summed E-state index contributed by atoms with van der Waals surface area (Å²) in [5, 5.41) is 0. The van der Waals surface area contributed by atoms with Crippen molar-refractivity contribution in [2.24, 2.45) is 11.7 Å². The SMILES string of the molecule is CC(C)CC(N)c1ccc(C(F)(F)F)cc1N1CCCCC1. The van der Waals surface area contributed by atoms with Crippen LogP contribution in [0.5, 0.6) is 0 Å². The van der Waals surface area contributed by atoms with E-state index in [1.165, 1.54) is 6.07 Å². The minimum Gasteiger partial charge on any atom is -0.371 e. The van der Waals surface area contributed by atoms with Crippen LogP contribution < -0.4 is 10.6 Å². The molecule has 1 aromatic carbocycles. The average Bonchev–Trinajstić information content (AvgIpc) is 2.46. The van der Waals surface area contributed by atoms with Crippen LogP contribution in [-0.2, 0) is 6.18 Å². The summed E-state index contributed by atoms with van der Waals surface area (Å²) in [5.41, 5.74) is 7.17. The first kappa shape index (κ1) is 17.1. The summed E-state index contributed by atoms with van der Waals surface area (Å²) in [4.78, 5) is 2.06. The summed E-state index contributed by atoms with van der Waals surface area (Å²) >= 11 is 0. The molecule has 2 N–H and O–H groups in total. The topological polar surface area (TPSA) is 29.3 Å². The molecule has 0 bridgehead atoms. The van der Waals surface area contributed by atoms with Gasteiger partial charge in [-0.2, -0.15) is 13.2 Å². The lowest BCUT2D eigenvalue weighted by Gasteiger charge is -2.32. The van der Waals surface area contributed by atoms with Crippen molar-refractivity contribution in [1.29, 1.82) is 0 Å². The molecule has 5 heteroatoms. The zero-order chi connectivity index (χ0) is 16.3. The molecule has 1 aliphatic rings. The van der Waals surface area contributed by atoms with E-state index in [0.717, 1.165) is 50.4 Å². The third kappa shape index (κ3) is 4.15. The second-order valence-electron chi connectivity index (χ2n) is 6.56. The Morgan fingerprint density at radius 1 is 1.14 bits per heavy atom. The fourth-order valence-electron chi connectivity index (χ4n) is 3.08. The summed E-state index contributed by atoms with van der Waals surface area (Å²) in [7, 11) is 0. The Balaban J connectivity index is 2.38. The molecule has 124 valence electrons. The van der Waals surface area contributed by atoms with Crippen LogP contribution in [0.4, 0.5) is 18.9 Å². The second kappa shape index (κ2) is 6.90. The summed E-state index contributed by atoms with van der Waals surface area (Å²) in [6, 6.07) is 3.78. The van der Waals surface area contributed by atoms with Crippen LogP contribution in [0.1, 0.15) is 56.7 Å². The minimum absolute atomic E-state index is 0.223. The molecule has 0 aromatic heterocycles. The fourth-order valence-corrected chi connectivity index (χ4v) is 3.08. The van der Waals surface area contributed by atoms with E-state index >= 15 is 0 Å². The maximum atomic E-state index is 13.0. The lowest BCUT2D eigenvalue weighted by Crippen LogP contribution is -2.31. The minimum atomic E-state index is -4.31. The third-order valence-corrected chi connectivity index (χ3v) is 4.18. The Kier molecular flexibility index (Phi) is 5.37. The Morgan fingerprint density at radius 3 is 2.32 bits per heavy atom. The predicted molar refractivity (Wildman–Crippen MR) is 83.9 cm³/mol. The van der Waals surface area contributed by atoms with E-state index in [1.54, 1.807) is 6.07 Å². The molecule has 1 unspecified atom stereocenters. The van der Waals surface area contributed by atoms with Crippen LogP contribution in [-0.4, -0.2) is 13.1 Å². The first-order valence-electron chi connectivity index (χ1n) is 8.00. The maximum absolute atomic E-state index is 13.0. The van der Waals surface area contributed by atoms with E-state index in [1.807, 2.05) is 0 Å². The second-order valence-corrected chi connectivity index (χ2v) is 6.56. The zero-order valence-corrected chi connectivity index (χ0v) is 13.3. The van der Waals surface area contributed by atoms with Gasteiger partial charge in [0.05, 0.1) is 5.56 Å². The normalized spacial score (nSPS) is 17.9. The summed E-state index contributed by atoms with van der Waals surface area (Å²) in [5.74, 6) is 0.409. The third-order valence-electron chi connectivity index (χ3n) is 4.18. The Hall–Kier alpha value is -1.23. The quantitative estimate of drug-likeness (QED) is 0.869. The standard InChI is InChI=1S/C17H25F3N2/c1-12(2)10-15(21)14-7-6-13(17(18,19)20)11-16(14)22-8-4-3-5-9-22/h6-7,11-12,15H,3-5,8-10,21H2,1-2H3. The molecule has 22 heavy (non-hydrogen) atoms. The molecule has 1 fully saturated rings. The lowest BCUT2D eigenvalue weighted by atomic mass is 9.94. The van der Waals surface area contributed by atoms with Gasteiger partial charge in [0.15, 0.2) is 0 Å². The molecular weight excluding hydrogens is 289 g/mol. The highest BCUT2D eigenvalue weighted by Crippen LogP contribution is 2.37. The fraction of sp³-hybridized carbons (Fsp3) is 0.647. The highest BCUT2D eigenvalue weighted by atomic mass is 19.4. The highest BCUT2D eigenvalue weighted by molar-refractivity contribution is 5.57. The number of benzene rings is 1. The summed E-state index contributed by atoms with van der Waals surface area (Å²) in [6.45, 7) is 5.76. The van der Waals surface area contributed by atoms with Gasteiger partial charge in [-0.15, -0.1) is 0 Å². The Bertz CT molecular complexity index is 491. The number of halogens is 3. The van der Waals surface area contributed by atoms with Crippen LogP contribution in [0.15, 0.2) is 18.2 Å². The molecule has 2 nitrogen and oxygen atoms in total. The number of piperidine rings is 1. The van der Waals surface area contributed by atoms with Crippen LogP contribution in [0.3, 0.4) is 0 Å². The number of hydrogen-bond acceptors (Lipinski definition) is 2. The van der Waals surface area contributed by atoms with Gasteiger partial charge in [-0.3, -0.25) is 0 Å². The number of nitrogens with zero attached hydrogens (tertiary/aromatic N) is 1. The molecular formula is C17H25F3N2. The van der Waals surface area contributed by atoms with Gasteiger partial charge >= 0.3 is 6.18 Å². The summed E-state index contributed by atoms with van der Waals surface area (Å²) < 4.78 is 39.1. The maximum Gasteiger partial charge on any atom is 0.416 e. The van der Waals surface area contributed by atoms with Crippen LogP contribution in [0.25, 0.3) is 0 Å². The van der Waals surface area contributed by atoms with Crippen LogP contribution in [0, 0.1) is 5.92 Å². The van der Waals surface area contributed by atoms with Gasteiger partial charge in [0.25, 0.3) is 0 Å². The van der Waals surface area contributed by atoms with Gasteiger partial charge < -0.3 is 10.6 Å². The van der Waals surface area contributed by atoms with Gasteiger partial charge in [0, 0.05) is 24.8 Å². The number of rotatable bonds is 4. The van der Waals surface area contributed by atoms with E-state index < -0.39 is 11.7 Å². The largest absolute Gasteiger partial charge is 0.416 e. The first-order chi connectivity index (χ1) is 10.3. The van der Waals surface area contributed by atoms with Gasteiger partial charge in [-0.25, -0.2) is 0 Å². The highest BCUT2D eigenvalue weighted by Gasteiger charge is 2.32. The molecule has 0 spiro atoms. The number of anilines is 1. The molecule has 0 amide bonds. The molecule has 1 aliphatic heterocycles. The van der Waals surface area contributed by atoms with Gasteiger partial charge in [-0.1, -0.05) is 19.9 Å². The predicted octanol–water partition coefficient (Wildman–Crippen LogP) is 4.74. The first-order valence-corrected chi connectivity index (χ1v) is 8.00. The van der Waals surface area contributed by atoms with E-state index in [-0.39, 0.29) is 6.04 Å². The monoisotopic (exact) mass is 314 g/mol. The Morgan fingerprint density at radius 2 is 1.77 bits per heavy atom. The van der Waals surface area contributed by atoms with Crippen LogP contribution in [0.2, 0.25) is 0 Å². The van der Waals surface area contributed by atoms with Crippen molar-refractivity contribution < 1.29 is 13.2 Å². The van der Waals surface area contributed by atoms with Crippen LogP contribution >= 0.6 is 0 Å². The average molecular weight is 314 g/mol. The van der Waals surface area contributed by atoms with Crippen molar-refractivity contribution in [1.82, 2.24) is 0 Å². The van der Waals surface area contributed by atoms with Crippen molar-refractivity contribution >= 4 is 5.69 Å². The van der Waals surface area contributed by atoms with Crippen molar-refractivity contribution in [3.63, 3.8) is 0 Å². The van der Waals surface area contributed by atoms with E-state index in [2.05, 4.69) is 18.7 Å². The number of hydrogen-bond donors (Lipinski definition) is 1. The molecule has 2 rings (SSSR count). The zero-order valence-electron chi connectivity index (χ0n) is 13.3. The number of nitrogens with two attached hydrogens (primary N) is 1. The molecule has 1 heterocycles. The Labute approximate surface area is 130 Å². The smallest absolute Gasteiger partial charge is 0.371 e. The van der Waals surface area contributed by atoms with Gasteiger partial charge in [0.2, 0.25) is 0 Å². The van der Waals surface area contributed by atoms with Crippen molar-refractivity contribution in [3.05, 3.63) is 29.3 Å². The number of alkyl halides is 3. The molecule has 0 aliphatic carbocycles. The van der Waals surface area contributed by atoms with Gasteiger partial charge in [-0.05, 0) is 49.3 Å². The molecule has 1 saturated heterocycles. The van der Waals surface area contributed by atoms with E-state index in [4.69, 9.17) is 5.73 Å². The van der Waals surface area contributed by atoms with Crippen molar-refractivity contribution in [3.8, 4) is 0 Å².